The van der Waals surface area contributed by atoms with Crippen molar-refractivity contribution in [3.05, 3.63) is 57.8 Å². The maximum Gasteiger partial charge on any atom is 0.270 e. The van der Waals surface area contributed by atoms with E-state index in [2.05, 4.69) is 20.1 Å². The number of non-ortho nitro benzene ring substituents is 1. The van der Waals surface area contributed by atoms with Gasteiger partial charge >= 0.3 is 0 Å². The molecule has 2 aliphatic rings. The second kappa shape index (κ2) is 9.40. The zero-order valence-electron chi connectivity index (χ0n) is 17.6. The molecule has 0 amide bonds. The van der Waals surface area contributed by atoms with Gasteiger partial charge in [0.2, 0.25) is 0 Å². The van der Waals surface area contributed by atoms with E-state index in [-0.39, 0.29) is 11.4 Å². The van der Waals surface area contributed by atoms with Gasteiger partial charge in [-0.3, -0.25) is 20.4 Å². The van der Waals surface area contributed by atoms with Crippen LogP contribution in [0.1, 0.15) is 24.0 Å². The molecule has 3 heterocycles. The van der Waals surface area contributed by atoms with Gasteiger partial charge in [-0.2, -0.15) is 0 Å². The summed E-state index contributed by atoms with van der Waals surface area (Å²) < 4.78 is 0. The van der Waals surface area contributed by atoms with Gasteiger partial charge in [0, 0.05) is 67.9 Å². The van der Waals surface area contributed by atoms with Crippen molar-refractivity contribution in [1.29, 1.82) is 5.41 Å². The minimum absolute atomic E-state index is 0.0758. The van der Waals surface area contributed by atoms with E-state index in [0.717, 1.165) is 51.0 Å². The van der Waals surface area contributed by atoms with Crippen LogP contribution in [-0.4, -0.2) is 66.3 Å². The molecule has 0 bridgehead atoms. The Hall–Kier alpha value is -3.04. The first kappa shape index (κ1) is 21.2. The molecule has 0 aliphatic carbocycles. The fourth-order valence-electron chi connectivity index (χ4n) is 4.37. The van der Waals surface area contributed by atoms with Crippen molar-refractivity contribution < 1.29 is 4.92 Å². The number of nitrogens with zero attached hydrogens (tertiary/aromatic N) is 4. The van der Waals surface area contributed by atoms with Crippen molar-refractivity contribution in [3.8, 4) is 0 Å². The Balaban J connectivity index is 1.42. The number of rotatable bonds is 6. The van der Waals surface area contributed by atoms with E-state index in [1.807, 2.05) is 6.07 Å². The molecule has 2 aliphatic heterocycles. The Morgan fingerprint density at radius 3 is 2.65 bits per heavy atom. The Kier molecular flexibility index (Phi) is 6.43. The number of nitro benzene ring substituents is 1. The van der Waals surface area contributed by atoms with Crippen LogP contribution in [0, 0.1) is 21.4 Å². The van der Waals surface area contributed by atoms with E-state index in [4.69, 9.17) is 11.1 Å². The van der Waals surface area contributed by atoms with Gasteiger partial charge in [-0.15, -0.1) is 0 Å². The summed E-state index contributed by atoms with van der Waals surface area (Å²) in [4.78, 5) is 19.9. The highest BCUT2D eigenvalue weighted by Crippen LogP contribution is 2.24. The van der Waals surface area contributed by atoms with Crippen LogP contribution in [0.5, 0.6) is 0 Å². The predicted molar refractivity (Wildman–Crippen MR) is 122 cm³/mol. The third kappa shape index (κ3) is 5.00. The maximum atomic E-state index is 11.1. The lowest BCUT2D eigenvalue weighted by Crippen LogP contribution is -2.48. The molecular formula is C22H29N7O2. The fourth-order valence-corrected chi connectivity index (χ4v) is 4.37. The third-order valence-electron chi connectivity index (χ3n) is 6.22. The van der Waals surface area contributed by atoms with E-state index in [0.29, 0.717) is 16.8 Å². The van der Waals surface area contributed by atoms with Gasteiger partial charge in [0.25, 0.3) is 5.69 Å². The van der Waals surface area contributed by atoms with Crippen LogP contribution in [0.4, 0.5) is 17.2 Å². The first-order valence-electron chi connectivity index (χ1n) is 10.8. The van der Waals surface area contributed by atoms with Gasteiger partial charge in [-0.05, 0) is 50.0 Å². The smallest absolute Gasteiger partial charge is 0.270 e. The van der Waals surface area contributed by atoms with Crippen molar-refractivity contribution in [1.82, 2.24) is 15.2 Å². The van der Waals surface area contributed by atoms with Gasteiger partial charge in [0.1, 0.15) is 5.82 Å². The summed E-state index contributed by atoms with van der Waals surface area (Å²) in [5, 5.41) is 23.1. The topological polar surface area (TPSA) is 124 Å². The number of nitrogens with two attached hydrogens (primary N) is 1. The first-order chi connectivity index (χ1) is 15.0. The summed E-state index contributed by atoms with van der Waals surface area (Å²) >= 11 is 0. The normalized spacial score (nSPS) is 18.1. The van der Waals surface area contributed by atoms with Crippen molar-refractivity contribution in [2.45, 2.75) is 12.8 Å². The SMILES string of the molecule is N=C(c1ccnc(N2CCN(CC3CCNCC3)CC2)c1)c1cc([N+](=O)[O-])ccc1N. The number of nitrogen functional groups attached to an aromatic ring is 1. The number of benzene rings is 1. The average Bonchev–Trinajstić information content (AvgIpc) is 2.80. The van der Waals surface area contributed by atoms with Crippen LogP contribution in [-0.2, 0) is 0 Å². The average molecular weight is 424 g/mol. The highest BCUT2D eigenvalue weighted by Gasteiger charge is 2.23. The monoisotopic (exact) mass is 423 g/mol. The van der Waals surface area contributed by atoms with Crippen LogP contribution in [0.25, 0.3) is 0 Å². The molecular weight excluding hydrogens is 394 g/mol. The van der Waals surface area contributed by atoms with E-state index in [9.17, 15) is 10.1 Å². The van der Waals surface area contributed by atoms with Crippen LogP contribution < -0.4 is 16.0 Å². The summed E-state index contributed by atoms with van der Waals surface area (Å²) in [6.45, 7) is 7.22. The molecule has 0 unspecified atom stereocenters. The van der Waals surface area contributed by atoms with E-state index in [1.54, 1.807) is 12.3 Å². The molecule has 1 aromatic carbocycles. The molecule has 2 aromatic rings. The number of nitrogens with one attached hydrogen (secondary N) is 2. The second-order valence-corrected chi connectivity index (χ2v) is 8.29. The Morgan fingerprint density at radius 2 is 1.94 bits per heavy atom. The van der Waals surface area contributed by atoms with E-state index >= 15 is 0 Å². The molecule has 0 spiro atoms. The molecule has 0 atom stereocenters. The Bertz CT molecular complexity index is 951. The molecule has 9 nitrogen and oxygen atoms in total. The summed E-state index contributed by atoms with van der Waals surface area (Å²) in [5.41, 5.74) is 7.44. The molecule has 4 rings (SSSR count). The molecule has 2 fully saturated rings. The number of piperidine rings is 1. The lowest BCUT2D eigenvalue weighted by atomic mass is 9.97. The minimum Gasteiger partial charge on any atom is -0.398 e. The zero-order valence-corrected chi connectivity index (χ0v) is 17.6. The molecule has 4 N–H and O–H groups in total. The number of piperazine rings is 1. The number of anilines is 2. The lowest BCUT2D eigenvalue weighted by Gasteiger charge is -2.38. The summed E-state index contributed by atoms with van der Waals surface area (Å²) in [5.74, 6) is 1.61. The van der Waals surface area contributed by atoms with Gasteiger partial charge in [-0.1, -0.05) is 0 Å². The highest BCUT2D eigenvalue weighted by atomic mass is 16.6. The molecule has 0 saturated carbocycles. The molecule has 2 saturated heterocycles. The second-order valence-electron chi connectivity index (χ2n) is 8.29. The predicted octanol–water partition coefficient (Wildman–Crippen LogP) is 2.11. The van der Waals surface area contributed by atoms with Crippen molar-refractivity contribution in [3.63, 3.8) is 0 Å². The summed E-state index contributed by atoms with van der Waals surface area (Å²) in [6, 6.07) is 7.82. The van der Waals surface area contributed by atoms with Crippen LogP contribution in [0.2, 0.25) is 0 Å². The maximum absolute atomic E-state index is 11.1. The summed E-state index contributed by atoms with van der Waals surface area (Å²) in [6.07, 6.45) is 4.20. The minimum atomic E-state index is -0.475. The van der Waals surface area contributed by atoms with Gasteiger partial charge in [0.05, 0.1) is 10.6 Å². The fraction of sp³-hybridized carbons (Fsp3) is 0.455. The Morgan fingerprint density at radius 1 is 1.19 bits per heavy atom. The molecule has 164 valence electrons. The number of hydrogen-bond donors (Lipinski definition) is 3. The standard InChI is InChI=1S/C22H29N7O2/c23-20-2-1-18(29(30)31)14-19(20)22(24)17-5-8-26-21(13-17)28-11-9-27(10-12-28)15-16-3-6-25-7-4-16/h1-2,5,8,13-14,16,24-25H,3-4,6-7,9-12,15,23H2. The highest BCUT2D eigenvalue weighted by molar-refractivity contribution is 6.14. The van der Waals surface area contributed by atoms with E-state index < -0.39 is 4.92 Å². The largest absolute Gasteiger partial charge is 0.398 e. The van der Waals surface area contributed by atoms with Crippen molar-refractivity contribution in [2.75, 3.05) is 56.4 Å². The van der Waals surface area contributed by atoms with Gasteiger partial charge in [-0.25, -0.2) is 4.98 Å². The van der Waals surface area contributed by atoms with E-state index in [1.165, 1.54) is 37.6 Å². The van der Waals surface area contributed by atoms with Gasteiger partial charge in [0.15, 0.2) is 0 Å². The molecule has 31 heavy (non-hydrogen) atoms. The zero-order chi connectivity index (χ0) is 21.8. The number of hydrogen-bond acceptors (Lipinski definition) is 8. The quantitative estimate of drug-likeness (QED) is 0.281. The number of nitro groups is 1. The van der Waals surface area contributed by atoms with Crippen LogP contribution in [0.15, 0.2) is 36.5 Å². The lowest BCUT2D eigenvalue weighted by molar-refractivity contribution is -0.384. The molecule has 1 aromatic heterocycles. The van der Waals surface area contributed by atoms with Crippen molar-refractivity contribution >= 4 is 22.9 Å². The summed E-state index contributed by atoms with van der Waals surface area (Å²) in [7, 11) is 0. The number of pyridine rings is 1. The van der Waals surface area contributed by atoms with Crippen molar-refractivity contribution in [2.24, 2.45) is 5.92 Å². The molecule has 9 heteroatoms. The number of aromatic nitrogens is 1. The van der Waals surface area contributed by atoms with Crippen LogP contribution >= 0.6 is 0 Å². The molecule has 0 radical (unpaired) electrons. The van der Waals surface area contributed by atoms with Crippen LogP contribution in [0.3, 0.4) is 0 Å². The van der Waals surface area contributed by atoms with Gasteiger partial charge < -0.3 is 16.0 Å². The Labute approximate surface area is 181 Å². The first-order valence-corrected chi connectivity index (χ1v) is 10.8. The third-order valence-corrected chi connectivity index (χ3v) is 6.22.